The van der Waals surface area contributed by atoms with Gasteiger partial charge in [-0.1, -0.05) is 26.7 Å². The number of aliphatic hydroxyl groups is 1. The van der Waals surface area contributed by atoms with Gasteiger partial charge >= 0.3 is 11.9 Å². The minimum Gasteiger partial charge on any atom is -0.480 e. The number of hydrogen-bond donors (Lipinski definition) is 2. The van der Waals surface area contributed by atoms with E-state index in [1.807, 2.05) is 6.92 Å². The molecule has 0 amide bonds. The first-order chi connectivity index (χ1) is 9.94. The highest BCUT2D eigenvalue weighted by Crippen LogP contribution is 2.32. The van der Waals surface area contributed by atoms with E-state index in [1.165, 1.54) is 0 Å². The molecule has 2 unspecified atom stereocenters. The van der Waals surface area contributed by atoms with Crippen LogP contribution in [0.3, 0.4) is 0 Å². The third-order valence-corrected chi connectivity index (χ3v) is 3.29. The van der Waals surface area contributed by atoms with Crippen LogP contribution in [0.2, 0.25) is 0 Å². The summed E-state index contributed by atoms with van der Waals surface area (Å²) < 4.78 is 10.2. The molecule has 0 saturated carbocycles. The van der Waals surface area contributed by atoms with Crippen molar-refractivity contribution in [3.8, 4) is 0 Å². The number of rotatable bonds is 12. The first-order valence-corrected chi connectivity index (χ1v) is 7.61. The van der Waals surface area contributed by atoms with Gasteiger partial charge in [-0.2, -0.15) is 0 Å². The van der Waals surface area contributed by atoms with Gasteiger partial charge in [-0.05, 0) is 19.8 Å². The number of carboxylic acids is 1. The topological polar surface area (TPSA) is 93.1 Å². The van der Waals surface area contributed by atoms with Crippen molar-refractivity contribution in [3.63, 3.8) is 0 Å². The van der Waals surface area contributed by atoms with Crippen LogP contribution in [0.25, 0.3) is 0 Å². The van der Waals surface area contributed by atoms with Crippen LogP contribution < -0.4 is 0 Å². The molecule has 0 aromatic rings. The largest absolute Gasteiger partial charge is 0.480 e. The second kappa shape index (κ2) is 10.6. The normalized spacial score (nSPS) is 15.2. The number of carboxylic acid groups (broad SMARTS) is 1. The Labute approximate surface area is 126 Å². The number of carbonyl (C=O) groups excluding carboxylic acids is 1. The Bertz CT molecular complexity index is 317. The van der Waals surface area contributed by atoms with Crippen molar-refractivity contribution < 1.29 is 29.3 Å². The predicted molar refractivity (Wildman–Crippen MR) is 78.0 cm³/mol. The van der Waals surface area contributed by atoms with Gasteiger partial charge in [0.2, 0.25) is 0 Å². The number of unbranched alkanes of at least 4 members (excludes halogenated alkanes) is 1. The van der Waals surface area contributed by atoms with Crippen LogP contribution in [0.5, 0.6) is 0 Å². The molecule has 0 aliphatic rings. The highest BCUT2D eigenvalue weighted by Gasteiger charge is 2.48. The van der Waals surface area contributed by atoms with E-state index >= 15 is 0 Å². The summed E-state index contributed by atoms with van der Waals surface area (Å²) in [4.78, 5) is 23.6. The fraction of sp³-hybridized carbons (Fsp3) is 0.867. The third kappa shape index (κ3) is 6.44. The Morgan fingerprint density at radius 3 is 2.33 bits per heavy atom. The van der Waals surface area contributed by atoms with Gasteiger partial charge in [-0.25, -0.2) is 0 Å². The van der Waals surface area contributed by atoms with Crippen LogP contribution in [0.1, 0.15) is 52.9 Å². The molecule has 0 heterocycles. The van der Waals surface area contributed by atoms with Crippen molar-refractivity contribution in [3.05, 3.63) is 0 Å². The van der Waals surface area contributed by atoms with E-state index in [0.29, 0.717) is 13.0 Å². The summed E-state index contributed by atoms with van der Waals surface area (Å²) >= 11 is 0. The van der Waals surface area contributed by atoms with Crippen LogP contribution in [0.4, 0.5) is 0 Å². The summed E-state index contributed by atoms with van der Waals surface area (Å²) in [6.45, 7) is 6.10. The average Bonchev–Trinajstić information content (AvgIpc) is 2.43. The number of ether oxygens (including phenoxy) is 2. The molecule has 21 heavy (non-hydrogen) atoms. The van der Waals surface area contributed by atoms with Crippen molar-refractivity contribution in [1.29, 1.82) is 0 Å². The Morgan fingerprint density at radius 1 is 1.19 bits per heavy atom. The lowest BCUT2D eigenvalue weighted by Crippen LogP contribution is -2.44. The molecule has 6 heteroatoms. The minimum absolute atomic E-state index is 0.0259. The maximum absolute atomic E-state index is 12.1. The van der Waals surface area contributed by atoms with Crippen LogP contribution in [-0.2, 0) is 19.1 Å². The number of esters is 1. The van der Waals surface area contributed by atoms with E-state index in [2.05, 4.69) is 0 Å². The van der Waals surface area contributed by atoms with Crippen molar-refractivity contribution >= 4 is 11.9 Å². The third-order valence-electron chi connectivity index (χ3n) is 3.29. The molecule has 0 rings (SSSR count). The fourth-order valence-corrected chi connectivity index (χ4v) is 2.19. The summed E-state index contributed by atoms with van der Waals surface area (Å²) in [6, 6.07) is 0. The second-order valence-electron chi connectivity index (χ2n) is 5.14. The van der Waals surface area contributed by atoms with E-state index in [1.54, 1.807) is 13.8 Å². The summed E-state index contributed by atoms with van der Waals surface area (Å²) in [5.74, 6) is -2.04. The van der Waals surface area contributed by atoms with Crippen molar-refractivity contribution in [2.24, 2.45) is 5.41 Å². The molecule has 0 aromatic heterocycles. The Balaban J connectivity index is 4.79. The lowest BCUT2D eigenvalue weighted by atomic mass is 9.78. The van der Waals surface area contributed by atoms with Gasteiger partial charge < -0.3 is 19.7 Å². The van der Waals surface area contributed by atoms with Gasteiger partial charge in [0.05, 0.1) is 19.3 Å². The van der Waals surface area contributed by atoms with Gasteiger partial charge in [0.25, 0.3) is 0 Å². The van der Waals surface area contributed by atoms with E-state index in [0.717, 1.165) is 12.8 Å². The molecule has 0 aliphatic heterocycles. The van der Waals surface area contributed by atoms with Gasteiger partial charge in [-0.15, -0.1) is 0 Å². The van der Waals surface area contributed by atoms with Gasteiger partial charge in [0.1, 0.15) is 0 Å². The first-order valence-electron chi connectivity index (χ1n) is 7.61. The summed E-state index contributed by atoms with van der Waals surface area (Å²) in [7, 11) is 0. The zero-order valence-electron chi connectivity index (χ0n) is 13.3. The molecule has 124 valence electrons. The Hall–Kier alpha value is -1.14. The molecule has 0 aliphatic carbocycles. The fourth-order valence-electron chi connectivity index (χ4n) is 2.19. The molecule has 2 atom stereocenters. The monoisotopic (exact) mass is 304 g/mol. The zero-order valence-corrected chi connectivity index (χ0v) is 13.3. The number of aliphatic hydroxyl groups excluding tert-OH is 1. The molecular weight excluding hydrogens is 276 g/mol. The molecule has 0 radical (unpaired) electrons. The quantitative estimate of drug-likeness (QED) is 0.325. The highest BCUT2D eigenvalue weighted by atomic mass is 16.5. The Kier molecular flexibility index (Phi) is 9.99. The molecule has 0 aromatic carbocycles. The molecule has 0 saturated heterocycles. The number of aliphatic carboxylic acids is 1. The van der Waals surface area contributed by atoms with Crippen LogP contribution in [0.15, 0.2) is 0 Å². The maximum atomic E-state index is 12.1. The average molecular weight is 304 g/mol. The van der Waals surface area contributed by atoms with Crippen LogP contribution in [-0.4, -0.2) is 48.1 Å². The highest BCUT2D eigenvalue weighted by molar-refractivity contribution is 5.99. The van der Waals surface area contributed by atoms with E-state index < -0.39 is 23.5 Å². The summed E-state index contributed by atoms with van der Waals surface area (Å²) in [6.07, 6.45) is 1.30. The summed E-state index contributed by atoms with van der Waals surface area (Å²) in [5.41, 5.74) is -1.70. The Morgan fingerprint density at radius 2 is 1.86 bits per heavy atom. The molecule has 6 nitrogen and oxygen atoms in total. The standard InChI is InChI=1S/C15H28O6/c1-4-7-9-20-11-12(16)10-15(8-5-2,13(17)18)14(19)21-6-3/h12,16H,4-11H2,1-3H3,(H,17,18). The molecular formula is C15H28O6. The van der Waals surface area contributed by atoms with E-state index in [4.69, 9.17) is 9.47 Å². The summed E-state index contributed by atoms with van der Waals surface area (Å²) in [5, 5.41) is 19.4. The number of carbonyl (C=O) groups is 2. The lowest BCUT2D eigenvalue weighted by molar-refractivity contribution is -0.172. The first kappa shape index (κ1) is 19.9. The van der Waals surface area contributed by atoms with Gasteiger partial charge in [0.15, 0.2) is 5.41 Å². The molecule has 0 spiro atoms. The van der Waals surface area contributed by atoms with E-state index in [-0.39, 0.29) is 26.1 Å². The number of hydrogen-bond acceptors (Lipinski definition) is 5. The second-order valence-corrected chi connectivity index (χ2v) is 5.14. The van der Waals surface area contributed by atoms with E-state index in [9.17, 15) is 19.8 Å². The van der Waals surface area contributed by atoms with Gasteiger partial charge in [0, 0.05) is 13.0 Å². The van der Waals surface area contributed by atoms with Crippen molar-refractivity contribution in [1.82, 2.24) is 0 Å². The van der Waals surface area contributed by atoms with Gasteiger partial charge in [-0.3, -0.25) is 9.59 Å². The smallest absolute Gasteiger partial charge is 0.323 e. The van der Waals surface area contributed by atoms with Crippen LogP contribution >= 0.6 is 0 Å². The maximum Gasteiger partial charge on any atom is 0.323 e. The molecule has 0 fully saturated rings. The van der Waals surface area contributed by atoms with Crippen LogP contribution in [0, 0.1) is 5.41 Å². The van der Waals surface area contributed by atoms with Crippen molar-refractivity contribution in [2.45, 2.75) is 59.0 Å². The zero-order chi connectivity index (χ0) is 16.3. The molecule has 0 bridgehead atoms. The lowest BCUT2D eigenvalue weighted by Gasteiger charge is -2.28. The van der Waals surface area contributed by atoms with Crippen molar-refractivity contribution in [2.75, 3.05) is 19.8 Å². The minimum atomic E-state index is -1.70. The molecule has 2 N–H and O–H groups in total. The predicted octanol–water partition coefficient (Wildman–Crippen LogP) is 1.99. The SMILES string of the molecule is CCCCOCC(O)CC(CCC)(C(=O)O)C(=O)OCC.